The van der Waals surface area contributed by atoms with E-state index < -0.39 is 0 Å². The fourth-order valence-corrected chi connectivity index (χ4v) is 3.39. The minimum absolute atomic E-state index is 0.209. The number of fused-ring (bicyclic) bond motifs is 1. The molecule has 1 atom stereocenters. The number of methoxy groups -OCH3 is 1. The van der Waals surface area contributed by atoms with Gasteiger partial charge in [0.05, 0.1) is 30.1 Å². The Hall–Kier alpha value is -1.52. The van der Waals surface area contributed by atoms with Crippen LogP contribution >= 0.6 is 22.9 Å². The number of nitrogens with zero attached hydrogens (tertiary/aromatic N) is 2. The summed E-state index contributed by atoms with van der Waals surface area (Å²) in [6, 6.07) is 10.3. The van der Waals surface area contributed by atoms with E-state index in [1.54, 1.807) is 18.4 Å². The van der Waals surface area contributed by atoms with Crippen LogP contribution < -0.4 is 4.74 Å². The molecule has 0 fully saturated rings. The lowest BCUT2D eigenvalue weighted by atomic mass is 10.2. The summed E-state index contributed by atoms with van der Waals surface area (Å²) in [7, 11) is 1.67. The van der Waals surface area contributed by atoms with Crippen molar-refractivity contribution in [3.05, 3.63) is 46.4 Å². The number of aromatic nitrogens is 2. The summed E-state index contributed by atoms with van der Waals surface area (Å²) < 4.78 is 7.51. The molecule has 5 heteroatoms. The van der Waals surface area contributed by atoms with Crippen LogP contribution in [0.4, 0.5) is 0 Å². The summed E-state index contributed by atoms with van der Waals surface area (Å²) >= 11 is 7.82. The zero-order valence-electron chi connectivity index (χ0n) is 11.3. The third kappa shape index (κ3) is 2.19. The van der Waals surface area contributed by atoms with E-state index in [-0.39, 0.29) is 6.04 Å². The van der Waals surface area contributed by atoms with Crippen LogP contribution in [0.5, 0.6) is 5.75 Å². The molecule has 0 aliphatic carbocycles. The van der Waals surface area contributed by atoms with Crippen LogP contribution in [-0.2, 0) is 5.88 Å². The topological polar surface area (TPSA) is 27.1 Å². The third-order valence-corrected chi connectivity index (χ3v) is 4.71. The Morgan fingerprint density at radius 2 is 2.25 bits per heavy atom. The molecule has 20 heavy (non-hydrogen) atoms. The highest BCUT2D eigenvalue weighted by Gasteiger charge is 2.17. The zero-order chi connectivity index (χ0) is 14.1. The van der Waals surface area contributed by atoms with Gasteiger partial charge >= 0.3 is 0 Å². The van der Waals surface area contributed by atoms with E-state index in [0.29, 0.717) is 5.88 Å². The number of benzene rings is 1. The van der Waals surface area contributed by atoms with Crippen LogP contribution in [-0.4, -0.2) is 16.7 Å². The molecule has 1 unspecified atom stereocenters. The normalized spacial score (nSPS) is 12.8. The van der Waals surface area contributed by atoms with Crippen LogP contribution in [0, 0.1) is 0 Å². The average Bonchev–Trinajstić information content (AvgIpc) is 3.12. The number of ether oxygens (including phenoxy) is 1. The van der Waals surface area contributed by atoms with E-state index in [2.05, 4.69) is 34.0 Å². The molecule has 3 nitrogen and oxygen atoms in total. The summed E-state index contributed by atoms with van der Waals surface area (Å²) in [5.74, 6) is 2.11. The molecule has 2 aromatic heterocycles. The van der Waals surface area contributed by atoms with E-state index >= 15 is 0 Å². The molecule has 0 saturated carbocycles. The van der Waals surface area contributed by atoms with E-state index in [1.165, 1.54) is 4.88 Å². The van der Waals surface area contributed by atoms with Gasteiger partial charge in [-0.2, -0.15) is 0 Å². The number of hydrogen-bond acceptors (Lipinski definition) is 3. The molecule has 0 saturated heterocycles. The van der Waals surface area contributed by atoms with Crippen molar-refractivity contribution >= 4 is 34.0 Å². The Labute approximate surface area is 126 Å². The molecule has 0 amide bonds. The van der Waals surface area contributed by atoms with Gasteiger partial charge in [0.1, 0.15) is 11.6 Å². The Bertz CT molecular complexity index is 721. The Morgan fingerprint density at radius 3 is 2.90 bits per heavy atom. The van der Waals surface area contributed by atoms with Gasteiger partial charge in [-0.05, 0) is 30.5 Å². The lowest BCUT2D eigenvalue weighted by Crippen LogP contribution is -2.08. The van der Waals surface area contributed by atoms with Crippen LogP contribution in [0.1, 0.15) is 23.7 Å². The minimum Gasteiger partial charge on any atom is -0.497 e. The number of thiophene rings is 1. The monoisotopic (exact) mass is 306 g/mol. The second kappa shape index (κ2) is 5.46. The van der Waals surface area contributed by atoms with Crippen molar-refractivity contribution in [1.82, 2.24) is 9.55 Å². The zero-order valence-corrected chi connectivity index (χ0v) is 12.9. The Balaban J connectivity index is 2.20. The van der Waals surface area contributed by atoms with E-state index in [4.69, 9.17) is 16.3 Å². The predicted octanol–water partition coefficient (Wildman–Crippen LogP) is 4.45. The highest BCUT2D eigenvalue weighted by Crippen LogP contribution is 2.30. The maximum Gasteiger partial charge on any atom is 0.125 e. The maximum atomic E-state index is 6.07. The van der Waals surface area contributed by atoms with Gasteiger partial charge in [0.25, 0.3) is 0 Å². The van der Waals surface area contributed by atoms with E-state index in [9.17, 15) is 0 Å². The molecule has 0 N–H and O–H groups in total. The molecule has 3 rings (SSSR count). The fraction of sp³-hybridized carbons (Fsp3) is 0.267. The molecule has 0 bridgehead atoms. The summed E-state index contributed by atoms with van der Waals surface area (Å²) in [5.41, 5.74) is 2.01. The standard InChI is InChI=1S/C15H15ClN2OS/c1-10(14-4-3-7-20-14)18-13-8-11(19-2)5-6-12(13)17-15(18)9-16/h3-8,10H,9H2,1-2H3. The number of alkyl halides is 1. The lowest BCUT2D eigenvalue weighted by Gasteiger charge is -2.15. The second-order valence-electron chi connectivity index (χ2n) is 4.58. The van der Waals surface area contributed by atoms with Gasteiger partial charge in [-0.25, -0.2) is 4.98 Å². The van der Waals surface area contributed by atoms with Crippen molar-refractivity contribution in [2.75, 3.05) is 7.11 Å². The molecule has 0 radical (unpaired) electrons. The van der Waals surface area contributed by atoms with Gasteiger partial charge in [-0.15, -0.1) is 22.9 Å². The molecular formula is C15H15ClN2OS. The molecular weight excluding hydrogens is 292 g/mol. The van der Waals surface area contributed by atoms with Crippen molar-refractivity contribution in [3.63, 3.8) is 0 Å². The Morgan fingerprint density at radius 1 is 1.40 bits per heavy atom. The highest BCUT2D eigenvalue weighted by molar-refractivity contribution is 7.10. The number of imidazole rings is 1. The highest BCUT2D eigenvalue weighted by atomic mass is 35.5. The Kier molecular flexibility index (Phi) is 3.68. The first-order chi connectivity index (χ1) is 9.74. The first kappa shape index (κ1) is 13.5. The smallest absolute Gasteiger partial charge is 0.125 e. The van der Waals surface area contributed by atoms with Gasteiger partial charge in [-0.1, -0.05) is 6.07 Å². The summed E-state index contributed by atoms with van der Waals surface area (Å²) in [6.07, 6.45) is 0. The quantitative estimate of drug-likeness (QED) is 0.666. The van der Waals surface area contributed by atoms with Crippen molar-refractivity contribution in [2.45, 2.75) is 18.8 Å². The predicted molar refractivity (Wildman–Crippen MR) is 84.0 cm³/mol. The number of halogens is 1. The molecule has 0 aliphatic heterocycles. The molecule has 0 spiro atoms. The van der Waals surface area contributed by atoms with Crippen molar-refractivity contribution in [1.29, 1.82) is 0 Å². The molecule has 1 aromatic carbocycles. The fourth-order valence-electron chi connectivity index (χ4n) is 2.43. The number of hydrogen-bond donors (Lipinski definition) is 0. The van der Waals surface area contributed by atoms with E-state index in [0.717, 1.165) is 22.6 Å². The summed E-state index contributed by atoms with van der Waals surface area (Å²) in [6.45, 7) is 2.17. The lowest BCUT2D eigenvalue weighted by molar-refractivity contribution is 0.415. The van der Waals surface area contributed by atoms with Gasteiger partial charge < -0.3 is 9.30 Å². The van der Waals surface area contributed by atoms with Crippen LogP contribution in [0.15, 0.2) is 35.7 Å². The SMILES string of the molecule is COc1ccc2nc(CCl)n(C(C)c3cccs3)c2c1. The average molecular weight is 307 g/mol. The van der Waals surface area contributed by atoms with Crippen LogP contribution in [0.3, 0.4) is 0 Å². The number of rotatable bonds is 4. The maximum absolute atomic E-state index is 6.07. The molecule has 2 heterocycles. The minimum atomic E-state index is 0.209. The third-order valence-electron chi connectivity index (χ3n) is 3.43. The molecule has 3 aromatic rings. The first-order valence-electron chi connectivity index (χ1n) is 6.39. The summed E-state index contributed by atoms with van der Waals surface area (Å²) in [5, 5.41) is 2.09. The summed E-state index contributed by atoms with van der Waals surface area (Å²) in [4.78, 5) is 5.91. The van der Waals surface area contributed by atoms with Gasteiger partial charge in [0, 0.05) is 10.9 Å². The first-order valence-corrected chi connectivity index (χ1v) is 7.80. The van der Waals surface area contributed by atoms with Crippen molar-refractivity contribution in [3.8, 4) is 5.75 Å². The molecule has 0 aliphatic rings. The van der Waals surface area contributed by atoms with Crippen LogP contribution in [0.2, 0.25) is 0 Å². The van der Waals surface area contributed by atoms with Gasteiger partial charge in [0.15, 0.2) is 0 Å². The van der Waals surface area contributed by atoms with Gasteiger partial charge in [-0.3, -0.25) is 0 Å². The van der Waals surface area contributed by atoms with Crippen molar-refractivity contribution in [2.24, 2.45) is 0 Å². The largest absolute Gasteiger partial charge is 0.497 e. The van der Waals surface area contributed by atoms with Gasteiger partial charge in [0.2, 0.25) is 0 Å². The van der Waals surface area contributed by atoms with Crippen LogP contribution in [0.25, 0.3) is 11.0 Å². The second-order valence-corrected chi connectivity index (χ2v) is 5.82. The van der Waals surface area contributed by atoms with Crippen molar-refractivity contribution < 1.29 is 4.74 Å². The molecule has 104 valence electrons. The van der Waals surface area contributed by atoms with E-state index in [1.807, 2.05) is 18.2 Å².